The molecule has 6 nitrogen and oxygen atoms in total. The van der Waals surface area contributed by atoms with Gasteiger partial charge in [0.1, 0.15) is 0 Å². The Morgan fingerprint density at radius 1 is 1.25 bits per heavy atom. The van der Waals surface area contributed by atoms with Crippen molar-refractivity contribution in [2.24, 2.45) is 5.73 Å². The first-order valence-electron chi connectivity index (χ1n) is 7.45. The molecule has 0 atom stereocenters. The van der Waals surface area contributed by atoms with Crippen LogP contribution in [0.25, 0.3) is 0 Å². The van der Waals surface area contributed by atoms with Crippen LogP contribution in [0.4, 0.5) is 5.82 Å². The Balaban J connectivity index is 1.86. The fourth-order valence-electron chi connectivity index (χ4n) is 2.28. The maximum Gasteiger partial charge on any atom is 0.234 e. The summed E-state index contributed by atoms with van der Waals surface area (Å²) < 4.78 is 5.54. The number of anilines is 1. The Labute approximate surface area is 120 Å². The Kier molecular flexibility index (Phi) is 6.01. The fraction of sp³-hybridized carbons (Fsp3) is 0.714. The van der Waals surface area contributed by atoms with Crippen LogP contribution in [0, 0.1) is 0 Å². The van der Waals surface area contributed by atoms with Crippen LogP contribution >= 0.6 is 0 Å². The largest absolute Gasteiger partial charge is 0.477 e. The monoisotopic (exact) mass is 279 g/mol. The normalized spacial score (nSPS) is 16.4. The minimum atomic E-state index is 0.620. The van der Waals surface area contributed by atoms with Gasteiger partial charge in [0.05, 0.1) is 19.0 Å². The van der Waals surface area contributed by atoms with E-state index in [-0.39, 0.29) is 0 Å². The Morgan fingerprint density at radius 2 is 2.05 bits per heavy atom. The molecule has 0 saturated carbocycles. The number of aromatic nitrogens is 2. The Morgan fingerprint density at radius 3 is 2.75 bits per heavy atom. The molecule has 1 aliphatic rings. The minimum absolute atomic E-state index is 0.620. The summed E-state index contributed by atoms with van der Waals surface area (Å²) in [5.74, 6) is 1.53. The van der Waals surface area contributed by atoms with Gasteiger partial charge in [0.15, 0.2) is 5.82 Å². The van der Waals surface area contributed by atoms with Crippen molar-refractivity contribution in [3.8, 4) is 5.88 Å². The molecule has 6 heteroatoms. The summed E-state index contributed by atoms with van der Waals surface area (Å²) in [5, 5.41) is 0. The van der Waals surface area contributed by atoms with Crippen LogP contribution < -0.4 is 15.4 Å². The van der Waals surface area contributed by atoms with Gasteiger partial charge < -0.3 is 15.4 Å². The molecule has 0 amide bonds. The zero-order valence-electron chi connectivity index (χ0n) is 12.3. The molecule has 0 bridgehead atoms. The first-order valence-corrected chi connectivity index (χ1v) is 7.45. The molecule has 2 rings (SSSR count). The first kappa shape index (κ1) is 15.0. The molecule has 0 aromatic carbocycles. The molecule has 1 aromatic rings. The summed E-state index contributed by atoms with van der Waals surface area (Å²) in [5.41, 5.74) is 5.55. The molecule has 2 heterocycles. The van der Waals surface area contributed by atoms with Gasteiger partial charge >= 0.3 is 0 Å². The molecule has 0 radical (unpaired) electrons. The Bertz CT molecular complexity index is 393. The maximum atomic E-state index is 5.55. The highest BCUT2D eigenvalue weighted by Gasteiger charge is 2.18. The molecule has 0 spiro atoms. The molecule has 0 aliphatic carbocycles. The summed E-state index contributed by atoms with van der Waals surface area (Å²) in [7, 11) is 0. The van der Waals surface area contributed by atoms with E-state index in [1.807, 2.05) is 6.20 Å². The second-order valence-corrected chi connectivity index (χ2v) is 5.03. The quantitative estimate of drug-likeness (QED) is 0.794. The number of nitrogens with zero attached hydrogens (tertiary/aromatic N) is 4. The van der Waals surface area contributed by atoms with Crippen molar-refractivity contribution in [3.05, 3.63) is 12.4 Å². The Hall–Kier alpha value is -1.40. The van der Waals surface area contributed by atoms with Gasteiger partial charge in [0, 0.05) is 26.2 Å². The van der Waals surface area contributed by atoms with Crippen LogP contribution in [0.1, 0.15) is 19.8 Å². The number of hydrogen-bond donors (Lipinski definition) is 1. The van der Waals surface area contributed by atoms with E-state index in [0.29, 0.717) is 12.5 Å². The van der Waals surface area contributed by atoms with Crippen LogP contribution in [0.5, 0.6) is 5.88 Å². The molecule has 1 fully saturated rings. The third-order valence-corrected chi connectivity index (χ3v) is 3.43. The van der Waals surface area contributed by atoms with Crippen molar-refractivity contribution in [2.45, 2.75) is 19.8 Å². The molecule has 112 valence electrons. The second-order valence-electron chi connectivity index (χ2n) is 5.03. The standard InChI is InChI=1S/C14H25N5O/c1-2-10-20-14-12-16-11-13(17-14)19-8-6-18(7-9-19)5-3-4-15/h11-12H,2-10,15H2,1H3. The van der Waals surface area contributed by atoms with Crippen LogP contribution in [-0.4, -0.2) is 60.7 Å². The van der Waals surface area contributed by atoms with Gasteiger partial charge in [-0.3, -0.25) is 9.88 Å². The second kappa shape index (κ2) is 8.01. The number of piperazine rings is 1. The van der Waals surface area contributed by atoms with Crippen LogP contribution in [0.3, 0.4) is 0 Å². The molecular weight excluding hydrogens is 254 g/mol. The molecule has 1 aromatic heterocycles. The van der Waals surface area contributed by atoms with Crippen molar-refractivity contribution in [1.29, 1.82) is 0 Å². The zero-order chi connectivity index (χ0) is 14.2. The number of rotatable bonds is 7. The van der Waals surface area contributed by atoms with Gasteiger partial charge in [-0.15, -0.1) is 0 Å². The van der Waals surface area contributed by atoms with E-state index in [2.05, 4.69) is 26.7 Å². The van der Waals surface area contributed by atoms with Crippen LogP contribution in [-0.2, 0) is 0 Å². The molecule has 1 aliphatic heterocycles. The van der Waals surface area contributed by atoms with Gasteiger partial charge in [-0.2, -0.15) is 4.98 Å². The van der Waals surface area contributed by atoms with Gasteiger partial charge in [0.25, 0.3) is 0 Å². The minimum Gasteiger partial charge on any atom is -0.477 e. The van der Waals surface area contributed by atoms with Gasteiger partial charge in [-0.1, -0.05) is 6.92 Å². The number of ether oxygens (including phenoxy) is 1. The van der Waals surface area contributed by atoms with E-state index in [1.54, 1.807) is 6.20 Å². The predicted molar refractivity (Wildman–Crippen MR) is 80.1 cm³/mol. The maximum absolute atomic E-state index is 5.55. The highest BCUT2D eigenvalue weighted by atomic mass is 16.5. The average Bonchev–Trinajstić information content (AvgIpc) is 2.52. The third-order valence-electron chi connectivity index (χ3n) is 3.43. The predicted octanol–water partition coefficient (Wildman–Crippen LogP) is 0.736. The smallest absolute Gasteiger partial charge is 0.234 e. The van der Waals surface area contributed by atoms with E-state index in [1.165, 1.54) is 0 Å². The summed E-state index contributed by atoms with van der Waals surface area (Å²) in [6, 6.07) is 0. The van der Waals surface area contributed by atoms with E-state index in [0.717, 1.165) is 57.9 Å². The van der Waals surface area contributed by atoms with Gasteiger partial charge in [0.2, 0.25) is 5.88 Å². The first-order chi connectivity index (χ1) is 9.83. The fourth-order valence-corrected chi connectivity index (χ4v) is 2.28. The van der Waals surface area contributed by atoms with Crippen molar-refractivity contribution < 1.29 is 4.74 Å². The SMILES string of the molecule is CCCOc1cncc(N2CCN(CCCN)CC2)n1. The highest BCUT2D eigenvalue weighted by Crippen LogP contribution is 2.16. The zero-order valence-corrected chi connectivity index (χ0v) is 12.3. The molecule has 20 heavy (non-hydrogen) atoms. The van der Waals surface area contributed by atoms with Gasteiger partial charge in [-0.25, -0.2) is 0 Å². The van der Waals surface area contributed by atoms with Crippen LogP contribution in [0.15, 0.2) is 12.4 Å². The summed E-state index contributed by atoms with van der Waals surface area (Å²) in [4.78, 5) is 13.5. The third kappa shape index (κ3) is 4.31. The van der Waals surface area contributed by atoms with E-state index >= 15 is 0 Å². The van der Waals surface area contributed by atoms with Gasteiger partial charge in [-0.05, 0) is 25.9 Å². The van der Waals surface area contributed by atoms with E-state index < -0.39 is 0 Å². The summed E-state index contributed by atoms with van der Waals surface area (Å²) >= 11 is 0. The number of hydrogen-bond acceptors (Lipinski definition) is 6. The molecule has 0 unspecified atom stereocenters. The lowest BCUT2D eigenvalue weighted by Crippen LogP contribution is -2.47. The summed E-state index contributed by atoms with van der Waals surface area (Å²) in [6.45, 7) is 8.71. The van der Waals surface area contributed by atoms with Crippen molar-refractivity contribution in [2.75, 3.05) is 50.8 Å². The average molecular weight is 279 g/mol. The molecule has 1 saturated heterocycles. The van der Waals surface area contributed by atoms with Crippen LogP contribution in [0.2, 0.25) is 0 Å². The lowest BCUT2D eigenvalue weighted by molar-refractivity contribution is 0.255. The van der Waals surface area contributed by atoms with E-state index in [4.69, 9.17) is 10.5 Å². The lowest BCUT2D eigenvalue weighted by atomic mass is 10.3. The lowest BCUT2D eigenvalue weighted by Gasteiger charge is -2.35. The number of nitrogens with two attached hydrogens (primary N) is 1. The molecular formula is C14H25N5O. The highest BCUT2D eigenvalue weighted by molar-refractivity contribution is 5.38. The molecule has 2 N–H and O–H groups in total. The summed E-state index contributed by atoms with van der Waals surface area (Å²) in [6.07, 6.45) is 5.54. The van der Waals surface area contributed by atoms with E-state index in [9.17, 15) is 0 Å². The van der Waals surface area contributed by atoms with Crippen molar-refractivity contribution in [1.82, 2.24) is 14.9 Å². The topological polar surface area (TPSA) is 67.5 Å². The van der Waals surface area contributed by atoms with Crippen molar-refractivity contribution >= 4 is 5.82 Å². The van der Waals surface area contributed by atoms with Crippen molar-refractivity contribution in [3.63, 3.8) is 0 Å².